The Morgan fingerprint density at radius 2 is 2.04 bits per heavy atom. The Kier molecular flexibility index (Phi) is 11.8. The molecular formula is C18H29I2N3O2. The lowest BCUT2D eigenvalue weighted by atomic mass is 10.1. The van der Waals surface area contributed by atoms with E-state index in [1.165, 1.54) is 3.57 Å². The van der Waals surface area contributed by atoms with Crippen molar-refractivity contribution in [1.82, 2.24) is 10.2 Å². The number of piperidine rings is 1. The molecule has 25 heavy (non-hydrogen) atoms. The summed E-state index contributed by atoms with van der Waals surface area (Å²) in [6.45, 7) is 6.44. The minimum atomic E-state index is 0. The van der Waals surface area contributed by atoms with Gasteiger partial charge < -0.3 is 19.7 Å². The average Bonchev–Trinajstić information content (AvgIpc) is 2.61. The van der Waals surface area contributed by atoms with E-state index in [-0.39, 0.29) is 30.1 Å². The molecular weight excluding hydrogens is 544 g/mol. The molecule has 1 N–H and O–H groups in total. The summed E-state index contributed by atoms with van der Waals surface area (Å²) in [6, 6.07) is 8.20. The molecule has 1 aliphatic rings. The van der Waals surface area contributed by atoms with Gasteiger partial charge in [-0.1, -0.05) is 12.1 Å². The van der Waals surface area contributed by atoms with Gasteiger partial charge in [0.2, 0.25) is 0 Å². The predicted octanol–water partition coefficient (Wildman–Crippen LogP) is 3.75. The molecule has 0 bridgehead atoms. The highest BCUT2D eigenvalue weighted by Gasteiger charge is 2.23. The van der Waals surface area contributed by atoms with Gasteiger partial charge >= 0.3 is 0 Å². The predicted molar refractivity (Wildman–Crippen MR) is 122 cm³/mol. The molecule has 142 valence electrons. The van der Waals surface area contributed by atoms with Crippen molar-refractivity contribution in [2.24, 2.45) is 4.99 Å². The number of ether oxygens (including phenoxy) is 2. The lowest BCUT2D eigenvalue weighted by molar-refractivity contribution is 0.128. The third kappa shape index (κ3) is 7.86. The van der Waals surface area contributed by atoms with Gasteiger partial charge in [0.05, 0.1) is 3.57 Å². The number of benzene rings is 1. The molecule has 1 fully saturated rings. The van der Waals surface area contributed by atoms with Crippen molar-refractivity contribution in [2.75, 3.05) is 39.9 Å². The lowest BCUT2D eigenvalue weighted by Crippen LogP contribution is -2.47. The van der Waals surface area contributed by atoms with Crippen LogP contribution in [0.5, 0.6) is 5.75 Å². The number of hydrogen-bond acceptors (Lipinski definition) is 3. The Labute approximate surface area is 182 Å². The second kappa shape index (κ2) is 13.0. The van der Waals surface area contributed by atoms with E-state index in [0.29, 0.717) is 0 Å². The highest BCUT2D eigenvalue weighted by molar-refractivity contribution is 14.1. The molecule has 0 unspecified atom stereocenters. The number of nitrogens with zero attached hydrogens (tertiary/aromatic N) is 2. The SMILES string of the molecule is CCOCCCNC(=NC)N1CCC(Oc2ccccc2I)CC1.I. The number of halogens is 2. The van der Waals surface area contributed by atoms with Crippen LogP contribution >= 0.6 is 46.6 Å². The van der Waals surface area contributed by atoms with Gasteiger partial charge in [-0.05, 0) is 48.1 Å². The van der Waals surface area contributed by atoms with Gasteiger partial charge in [0.1, 0.15) is 11.9 Å². The summed E-state index contributed by atoms with van der Waals surface area (Å²) < 4.78 is 12.7. The Balaban J connectivity index is 0.00000312. The number of guanidine groups is 1. The molecule has 0 aliphatic carbocycles. The summed E-state index contributed by atoms with van der Waals surface area (Å²) in [5.41, 5.74) is 0. The first kappa shape index (κ1) is 22.8. The monoisotopic (exact) mass is 573 g/mol. The standard InChI is InChI=1S/C18H28IN3O2.HI/c1-3-23-14-6-11-21-18(20-2)22-12-9-15(10-13-22)24-17-8-5-4-7-16(17)19;/h4-5,7-8,15H,3,6,9-14H2,1-2H3,(H,20,21);1H. The number of aliphatic imine (C=N–C) groups is 1. The van der Waals surface area contributed by atoms with Crippen LogP contribution in [-0.2, 0) is 4.74 Å². The number of rotatable bonds is 7. The normalized spacial score (nSPS) is 15.6. The summed E-state index contributed by atoms with van der Waals surface area (Å²) >= 11 is 2.33. The van der Waals surface area contributed by atoms with Crippen LogP contribution < -0.4 is 10.1 Å². The molecule has 0 spiro atoms. The summed E-state index contributed by atoms with van der Waals surface area (Å²) in [5, 5.41) is 3.43. The number of nitrogens with one attached hydrogen (secondary N) is 1. The fourth-order valence-corrected chi connectivity index (χ4v) is 3.27. The largest absolute Gasteiger partial charge is 0.489 e. The maximum Gasteiger partial charge on any atom is 0.193 e. The number of likely N-dealkylation sites (tertiary alicyclic amines) is 1. The third-order valence-corrected chi connectivity index (χ3v) is 4.93. The highest BCUT2D eigenvalue weighted by atomic mass is 127. The molecule has 0 aromatic heterocycles. The topological polar surface area (TPSA) is 46.1 Å². The van der Waals surface area contributed by atoms with E-state index in [2.05, 4.69) is 43.9 Å². The quantitative estimate of drug-likeness (QED) is 0.234. The first-order chi connectivity index (χ1) is 11.7. The first-order valence-electron chi connectivity index (χ1n) is 8.69. The lowest BCUT2D eigenvalue weighted by Gasteiger charge is -2.34. The Morgan fingerprint density at radius 3 is 2.68 bits per heavy atom. The van der Waals surface area contributed by atoms with Crippen LogP contribution in [-0.4, -0.2) is 56.9 Å². The van der Waals surface area contributed by atoms with Gasteiger partial charge in [-0.3, -0.25) is 4.99 Å². The summed E-state index contributed by atoms with van der Waals surface area (Å²) in [4.78, 5) is 6.72. The molecule has 5 nitrogen and oxygen atoms in total. The minimum Gasteiger partial charge on any atom is -0.489 e. The maximum atomic E-state index is 6.16. The Bertz CT molecular complexity index is 521. The Hall–Kier alpha value is -0.290. The van der Waals surface area contributed by atoms with Crippen LogP contribution in [0.25, 0.3) is 0 Å². The second-order valence-electron chi connectivity index (χ2n) is 5.76. The van der Waals surface area contributed by atoms with E-state index in [0.717, 1.165) is 63.8 Å². The summed E-state index contributed by atoms with van der Waals surface area (Å²) in [5.74, 6) is 1.98. The van der Waals surface area contributed by atoms with E-state index >= 15 is 0 Å². The molecule has 7 heteroatoms. The first-order valence-corrected chi connectivity index (χ1v) is 9.77. The van der Waals surface area contributed by atoms with E-state index in [4.69, 9.17) is 9.47 Å². The van der Waals surface area contributed by atoms with Crippen molar-refractivity contribution >= 4 is 52.5 Å². The third-order valence-electron chi connectivity index (χ3n) is 4.04. The van der Waals surface area contributed by atoms with Crippen LogP contribution in [0.3, 0.4) is 0 Å². The van der Waals surface area contributed by atoms with Crippen LogP contribution in [0.15, 0.2) is 29.3 Å². The molecule has 1 heterocycles. The molecule has 1 saturated heterocycles. The van der Waals surface area contributed by atoms with E-state index in [1.54, 1.807) is 0 Å². The summed E-state index contributed by atoms with van der Waals surface area (Å²) in [7, 11) is 1.85. The summed E-state index contributed by atoms with van der Waals surface area (Å²) in [6.07, 6.45) is 3.32. The average molecular weight is 573 g/mol. The maximum absolute atomic E-state index is 6.16. The zero-order valence-electron chi connectivity index (χ0n) is 15.0. The van der Waals surface area contributed by atoms with E-state index in [9.17, 15) is 0 Å². The van der Waals surface area contributed by atoms with Crippen LogP contribution in [0.1, 0.15) is 26.2 Å². The molecule has 0 saturated carbocycles. The van der Waals surface area contributed by atoms with Gasteiger partial charge in [-0.15, -0.1) is 24.0 Å². The van der Waals surface area contributed by atoms with Crippen molar-refractivity contribution in [1.29, 1.82) is 0 Å². The van der Waals surface area contributed by atoms with Gasteiger partial charge in [-0.25, -0.2) is 0 Å². The van der Waals surface area contributed by atoms with Gasteiger partial charge in [0.15, 0.2) is 5.96 Å². The van der Waals surface area contributed by atoms with Crippen molar-refractivity contribution in [3.05, 3.63) is 27.8 Å². The van der Waals surface area contributed by atoms with Crippen molar-refractivity contribution in [3.63, 3.8) is 0 Å². The fraction of sp³-hybridized carbons (Fsp3) is 0.611. The van der Waals surface area contributed by atoms with Crippen molar-refractivity contribution in [3.8, 4) is 5.75 Å². The van der Waals surface area contributed by atoms with Crippen LogP contribution in [0.4, 0.5) is 0 Å². The molecule has 1 aromatic carbocycles. The molecule has 1 aromatic rings. The van der Waals surface area contributed by atoms with Crippen molar-refractivity contribution in [2.45, 2.75) is 32.3 Å². The smallest absolute Gasteiger partial charge is 0.193 e. The van der Waals surface area contributed by atoms with Gasteiger partial charge in [-0.2, -0.15) is 0 Å². The van der Waals surface area contributed by atoms with Gasteiger partial charge in [0.25, 0.3) is 0 Å². The van der Waals surface area contributed by atoms with Crippen molar-refractivity contribution < 1.29 is 9.47 Å². The van der Waals surface area contributed by atoms with Crippen LogP contribution in [0, 0.1) is 3.57 Å². The number of hydrogen-bond donors (Lipinski definition) is 1. The molecule has 0 amide bonds. The molecule has 0 radical (unpaired) electrons. The van der Waals surface area contributed by atoms with Gasteiger partial charge in [0, 0.05) is 52.7 Å². The minimum absolute atomic E-state index is 0. The number of para-hydroxylation sites is 1. The Morgan fingerprint density at radius 1 is 1.32 bits per heavy atom. The van der Waals surface area contributed by atoms with E-state index in [1.807, 2.05) is 32.2 Å². The fourth-order valence-electron chi connectivity index (χ4n) is 2.76. The van der Waals surface area contributed by atoms with E-state index < -0.39 is 0 Å². The highest BCUT2D eigenvalue weighted by Crippen LogP contribution is 2.24. The molecule has 1 aliphatic heterocycles. The molecule has 0 atom stereocenters. The zero-order chi connectivity index (χ0) is 17.2. The van der Waals surface area contributed by atoms with Crippen LogP contribution in [0.2, 0.25) is 0 Å². The zero-order valence-corrected chi connectivity index (χ0v) is 19.5. The second-order valence-corrected chi connectivity index (χ2v) is 6.92. The molecule has 2 rings (SSSR count).